The van der Waals surface area contributed by atoms with E-state index < -0.39 is 13.3 Å². The van der Waals surface area contributed by atoms with Crippen molar-refractivity contribution in [2.24, 2.45) is 0 Å². The average molecular weight is 427 g/mol. The van der Waals surface area contributed by atoms with Crippen LogP contribution >= 0.6 is 0 Å². The topological polar surface area (TPSA) is 52.0 Å². The van der Waals surface area contributed by atoms with E-state index >= 15 is 0 Å². The predicted molar refractivity (Wildman–Crippen MR) is 125 cm³/mol. The van der Waals surface area contributed by atoms with Crippen molar-refractivity contribution >= 4 is 29.0 Å². The molecule has 0 bridgehead atoms. The van der Waals surface area contributed by atoms with Crippen molar-refractivity contribution in [1.82, 2.24) is 0 Å². The zero-order chi connectivity index (χ0) is 19.7. The summed E-state index contributed by atoms with van der Waals surface area (Å²) in [6.07, 6.45) is 7.84. The van der Waals surface area contributed by atoms with Crippen LogP contribution in [0.5, 0.6) is 0 Å². The summed E-state index contributed by atoms with van der Waals surface area (Å²) in [5.41, 5.74) is 17.2. The second-order valence-corrected chi connectivity index (χ2v) is 17.6. The predicted octanol–water partition coefficient (Wildman–Crippen LogP) is 6.57. The van der Waals surface area contributed by atoms with E-state index in [1.165, 1.54) is 58.7 Å². The van der Waals surface area contributed by atoms with Crippen LogP contribution in [0.4, 0.5) is 11.4 Å². The van der Waals surface area contributed by atoms with Crippen molar-refractivity contribution in [3.8, 4) is 11.1 Å². The van der Waals surface area contributed by atoms with E-state index in [2.05, 4.69) is 51.1 Å². The van der Waals surface area contributed by atoms with Gasteiger partial charge in [0.1, 0.15) is 0 Å². The van der Waals surface area contributed by atoms with Crippen LogP contribution in [0.15, 0.2) is 42.5 Å². The molecule has 0 aliphatic heterocycles. The number of hydrogen-bond donors (Lipinski definition) is 2. The van der Waals surface area contributed by atoms with E-state index in [-0.39, 0.29) is 0 Å². The zero-order valence-corrected chi connectivity index (χ0v) is 19.7. The van der Waals surface area contributed by atoms with Crippen LogP contribution in [0, 0.1) is 0 Å². The fourth-order valence-corrected chi connectivity index (χ4v) is 16.5. The number of rotatable bonds is 11. The Kier molecular flexibility index (Phi) is 8.75. The monoisotopic (exact) mass is 428 g/mol. The Balaban J connectivity index is 2.56. The summed E-state index contributed by atoms with van der Waals surface area (Å²) in [5, 5.41) is 4.23. The van der Waals surface area contributed by atoms with Crippen molar-refractivity contribution in [3.05, 3.63) is 42.5 Å². The third-order valence-electron chi connectivity index (χ3n) is 5.96. The first-order chi connectivity index (χ1) is 13.1. The molecule has 148 valence electrons. The van der Waals surface area contributed by atoms with Crippen molar-refractivity contribution in [3.63, 3.8) is 0 Å². The molecule has 27 heavy (non-hydrogen) atoms. The van der Waals surface area contributed by atoms with Crippen molar-refractivity contribution in [2.75, 3.05) is 11.5 Å². The number of nitrogens with two attached hydrogens (primary N) is 2. The molecular weight excluding hydrogens is 389 g/mol. The summed E-state index contributed by atoms with van der Waals surface area (Å²) in [7, 11) is 0. The fraction of sp³-hybridized carbons (Fsp3) is 0.500. The van der Waals surface area contributed by atoms with E-state index in [0.29, 0.717) is 0 Å². The molecule has 0 amide bonds. The van der Waals surface area contributed by atoms with Crippen molar-refractivity contribution in [2.45, 2.75) is 75.1 Å². The van der Waals surface area contributed by atoms with Crippen LogP contribution in [0.2, 0.25) is 15.8 Å². The Morgan fingerprint density at radius 2 is 1.19 bits per heavy atom. The first-order valence-electron chi connectivity index (χ1n) is 10.8. The summed E-state index contributed by atoms with van der Waals surface area (Å²) in [4.78, 5) is 0. The number of benzene rings is 2. The molecule has 0 aliphatic carbocycles. The van der Waals surface area contributed by atoms with Gasteiger partial charge in [-0.2, -0.15) is 0 Å². The summed E-state index contributed by atoms with van der Waals surface area (Å²) in [5.74, 6) is 0. The Morgan fingerprint density at radius 1 is 0.667 bits per heavy atom. The van der Waals surface area contributed by atoms with Gasteiger partial charge in [-0.1, -0.05) is 0 Å². The second kappa shape index (κ2) is 10.8. The van der Waals surface area contributed by atoms with Gasteiger partial charge in [0, 0.05) is 0 Å². The summed E-state index contributed by atoms with van der Waals surface area (Å²) in [6.45, 7) is 6.95. The molecule has 2 nitrogen and oxygen atoms in total. The Morgan fingerprint density at radius 3 is 1.70 bits per heavy atom. The average Bonchev–Trinajstić information content (AvgIpc) is 2.69. The number of anilines is 2. The minimum atomic E-state index is -2.26. The Bertz CT molecular complexity index is 690. The second-order valence-electron chi connectivity index (χ2n) is 7.95. The molecule has 2 aromatic carbocycles. The molecule has 4 N–H and O–H groups in total. The molecule has 0 unspecified atom stereocenters. The maximum atomic E-state index is 6.88. The van der Waals surface area contributed by atoms with Crippen LogP contribution in [-0.4, -0.2) is 13.3 Å². The zero-order valence-electron chi connectivity index (χ0n) is 17.6. The molecule has 0 saturated heterocycles. The van der Waals surface area contributed by atoms with E-state index in [4.69, 9.17) is 11.5 Å². The van der Waals surface area contributed by atoms with Crippen molar-refractivity contribution < 1.29 is 0 Å². The molecule has 0 atom stereocenters. The minimum absolute atomic E-state index is 0.815. The molecule has 0 aliphatic rings. The molecule has 0 aromatic heterocycles. The van der Waals surface area contributed by atoms with Crippen LogP contribution in [0.3, 0.4) is 0 Å². The van der Waals surface area contributed by atoms with Gasteiger partial charge in [0.2, 0.25) is 0 Å². The maximum absolute atomic E-state index is 6.88. The van der Waals surface area contributed by atoms with E-state index in [1.54, 1.807) is 0 Å². The molecule has 0 fully saturated rings. The Labute approximate surface area is 169 Å². The van der Waals surface area contributed by atoms with E-state index in [1.807, 2.05) is 12.1 Å². The number of unbranched alkanes of at least 4 members (excludes halogenated alkanes) is 3. The van der Waals surface area contributed by atoms with Gasteiger partial charge >= 0.3 is 169 Å². The van der Waals surface area contributed by atoms with Gasteiger partial charge in [-0.05, 0) is 0 Å². The standard InChI is InChI=1S/C24H38GeN2/c1-4-7-17-25(18-8-5-2,19-9-6-3)22-15-12-14-21(24(22)27)20-13-10-11-16-23(20)26/h10-16H,4-9,17-19,26-27H2,1-3H3. The Hall–Kier alpha value is -1.42. The summed E-state index contributed by atoms with van der Waals surface area (Å²) in [6, 6.07) is 14.8. The van der Waals surface area contributed by atoms with E-state index in [9.17, 15) is 0 Å². The fourth-order valence-electron chi connectivity index (χ4n) is 4.33. The molecule has 2 aromatic rings. The number of nitrogen functional groups attached to an aromatic ring is 2. The normalized spacial score (nSPS) is 11.7. The van der Waals surface area contributed by atoms with Gasteiger partial charge < -0.3 is 0 Å². The molecule has 3 heteroatoms. The van der Waals surface area contributed by atoms with Gasteiger partial charge in [-0.3, -0.25) is 0 Å². The van der Waals surface area contributed by atoms with Crippen molar-refractivity contribution in [1.29, 1.82) is 0 Å². The molecule has 0 spiro atoms. The van der Waals surface area contributed by atoms with Crippen LogP contribution in [0.1, 0.15) is 59.3 Å². The number of hydrogen-bond acceptors (Lipinski definition) is 2. The first-order valence-corrected chi connectivity index (χ1v) is 16.3. The van der Waals surface area contributed by atoms with Gasteiger partial charge in [0.05, 0.1) is 0 Å². The van der Waals surface area contributed by atoms with Crippen LogP contribution in [-0.2, 0) is 0 Å². The number of para-hydroxylation sites is 2. The summed E-state index contributed by atoms with van der Waals surface area (Å²) >= 11 is -2.26. The van der Waals surface area contributed by atoms with Gasteiger partial charge in [-0.25, -0.2) is 0 Å². The quantitative estimate of drug-likeness (QED) is 0.315. The molecule has 0 heterocycles. The third kappa shape index (κ3) is 5.31. The van der Waals surface area contributed by atoms with E-state index in [0.717, 1.165) is 22.5 Å². The first kappa shape index (κ1) is 21.9. The molecule has 2 rings (SSSR count). The molecular formula is C24H38GeN2. The summed E-state index contributed by atoms with van der Waals surface area (Å²) < 4.78 is 1.53. The SMILES string of the molecule is CCC[CH2][Ge]([CH2]CCC)([CH2]CCC)[c]1cccc(-c2ccccc2N)c1N. The molecule has 0 saturated carbocycles. The van der Waals surface area contributed by atoms with Crippen LogP contribution < -0.4 is 15.9 Å². The van der Waals surface area contributed by atoms with Gasteiger partial charge in [0.15, 0.2) is 0 Å². The van der Waals surface area contributed by atoms with Crippen LogP contribution in [0.25, 0.3) is 11.1 Å². The van der Waals surface area contributed by atoms with Gasteiger partial charge in [0.25, 0.3) is 0 Å². The van der Waals surface area contributed by atoms with Gasteiger partial charge in [-0.15, -0.1) is 0 Å². The third-order valence-corrected chi connectivity index (χ3v) is 17.5. The molecule has 0 radical (unpaired) electrons.